The molecule has 1 aliphatic carbocycles. The van der Waals surface area contributed by atoms with Crippen LogP contribution in [0.4, 0.5) is 4.79 Å². The molecule has 31 heavy (non-hydrogen) atoms. The minimum absolute atomic E-state index is 0.0175. The number of benzene rings is 1. The number of rotatable bonds is 6. The molecule has 6 nitrogen and oxygen atoms in total. The highest BCUT2D eigenvalue weighted by Crippen LogP contribution is 2.32. The lowest BCUT2D eigenvalue weighted by Crippen LogP contribution is -2.45. The molecule has 0 spiro atoms. The van der Waals surface area contributed by atoms with E-state index in [-0.39, 0.29) is 18.1 Å². The van der Waals surface area contributed by atoms with E-state index in [1.165, 1.54) is 18.4 Å². The molecule has 1 amide bonds. The summed E-state index contributed by atoms with van der Waals surface area (Å²) in [5.74, 6) is 0.328. The number of cyclic esters (lactones) is 1. The van der Waals surface area contributed by atoms with E-state index in [1.807, 2.05) is 25.1 Å². The van der Waals surface area contributed by atoms with Gasteiger partial charge in [-0.05, 0) is 77.7 Å². The van der Waals surface area contributed by atoms with E-state index in [0.29, 0.717) is 12.3 Å². The number of carbonyl (C=O) groups excluding carboxylic acids is 2. The first-order valence-corrected chi connectivity index (χ1v) is 11.6. The second-order valence-corrected chi connectivity index (χ2v) is 9.94. The second kappa shape index (κ2) is 10.5. The average Bonchev–Trinajstić information content (AvgIpc) is 3.51. The zero-order valence-electron chi connectivity index (χ0n) is 19.3. The topological polar surface area (TPSA) is 73.9 Å². The van der Waals surface area contributed by atoms with Crippen molar-refractivity contribution in [2.75, 3.05) is 6.61 Å². The molecule has 6 heteroatoms. The maximum absolute atomic E-state index is 12.9. The van der Waals surface area contributed by atoms with Gasteiger partial charge in [-0.25, -0.2) is 9.59 Å². The highest BCUT2D eigenvalue weighted by atomic mass is 16.6. The van der Waals surface area contributed by atoms with Crippen LogP contribution >= 0.6 is 0 Å². The lowest BCUT2D eigenvalue weighted by Gasteiger charge is -2.31. The Morgan fingerprint density at radius 2 is 1.84 bits per heavy atom. The molecule has 1 aromatic carbocycles. The maximum atomic E-state index is 12.9. The molecule has 1 heterocycles. The standard InChI is InChI=1S/C25H37NO5/c1-17-20(15-18-9-6-5-7-10-18)22(29-16-19-13-14-19)12-8-11-21(23(27)30-17)26-24(28)31-25(2,3)4/h5-7,9-10,17,19-22H,8,11-16H2,1-4H3,(H,26,28)/t17-,20-,21-,22-/m0/s1. The van der Waals surface area contributed by atoms with Crippen molar-refractivity contribution < 1.29 is 23.8 Å². The van der Waals surface area contributed by atoms with E-state index in [4.69, 9.17) is 14.2 Å². The number of hydrogen-bond donors (Lipinski definition) is 1. The fourth-order valence-corrected chi connectivity index (χ4v) is 4.03. The van der Waals surface area contributed by atoms with E-state index in [1.54, 1.807) is 20.8 Å². The second-order valence-electron chi connectivity index (χ2n) is 9.94. The Kier molecular flexibility index (Phi) is 7.98. The SMILES string of the molecule is C[C@@H]1OC(=O)[C@@H](NC(=O)OC(C)(C)C)CCC[C@H](OCC2CC2)[C@H]1Cc1ccccc1. The summed E-state index contributed by atoms with van der Waals surface area (Å²) in [7, 11) is 0. The summed E-state index contributed by atoms with van der Waals surface area (Å²) in [6.45, 7) is 8.11. The van der Waals surface area contributed by atoms with E-state index in [2.05, 4.69) is 17.4 Å². The van der Waals surface area contributed by atoms with Crippen molar-refractivity contribution in [2.45, 2.75) is 90.1 Å². The number of alkyl carbamates (subject to hydrolysis) is 1. The average molecular weight is 432 g/mol. The van der Waals surface area contributed by atoms with Crippen molar-refractivity contribution in [1.82, 2.24) is 5.32 Å². The van der Waals surface area contributed by atoms with Gasteiger partial charge in [0, 0.05) is 12.5 Å². The van der Waals surface area contributed by atoms with Crippen LogP contribution in [-0.4, -0.2) is 42.5 Å². The highest BCUT2D eigenvalue weighted by molar-refractivity contribution is 5.81. The molecule has 2 aliphatic rings. The van der Waals surface area contributed by atoms with E-state index >= 15 is 0 Å². The largest absolute Gasteiger partial charge is 0.461 e. The van der Waals surface area contributed by atoms with Crippen molar-refractivity contribution in [1.29, 1.82) is 0 Å². The Bertz CT molecular complexity index is 725. The van der Waals surface area contributed by atoms with Gasteiger partial charge in [-0.3, -0.25) is 0 Å². The minimum Gasteiger partial charge on any atom is -0.461 e. The van der Waals surface area contributed by atoms with Crippen molar-refractivity contribution in [2.24, 2.45) is 11.8 Å². The fourth-order valence-electron chi connectivity index (χ4n) is 4.03. The summed E-state index contributed by atoms with van der Waals surface area (Å²) in [5, 5.41) is 2.70. The molecular formula is C25H37NO5. The molecule has 0 aromatic heterocycles. The number of amides is 1. The van der Waals surface area contributed by atoms with Crippen LogP contribution in [-0.2, 0) is 25.4 Å². The molecule has 1 saturated heterocycles. The normalized spacial score (nSPS) is 27.4. The Morgan fingerprint density at radius 3 is 2.48 bits per heavy atom. The number of nitrogens with one attached hydrogen (secondary N) is 1. The van der Waals surface area contributed by atoms with E-state index in [9.17, 15) is 9.59 Å². The Hall–Kier alpha value is -2.08. The summed E-state index contributed by atoms with van der Waals surface area (Å²) >= 11 is 0. The predicted molar refractivity (Wildman–Crippen MR) is 119 cm³/mol. The van der Waals surface area contributed by atoms with Gasteiger partial charge >= 0.3 is 12.1 Å². The molecule has 1 saturated carbocycles. The molecule has 1 aromatic rings. The van der Waals surface area contributed by atoms with Crippen LogP contribution in [0.5, 0.6) is 0 Å². The molecule has 3 rings (SSSR count). The van der Waals surface area contributed by atoms with Gasteiger partial charge in [-0.2, -0.15) is 0 Å². The first kappa shape index (κ1) is 23.6. The van der Waals surface area contributed by atoms with Crippen molar-refractivity contribution in [3.05, 3.63) is 35.9 Å². The molecule has 172 valence electrons. The number of ether oxygens (including phenoxy) is 3. The Balaban J connectivity index is 1.71. The van der Waals surface area contributed by atoms with E-state index < -0.39 is 23.7 Å². The third kappa shape index (κ3) is 7.84. The Morgan fingerprint density at radius 1 is 1.13 bits per heavy atom. The van der Waals surface area contributed by atoms with E-state index in [0.717, 1.165) is 25.9 Å². The third-order valence-corrected chi connectivity index (χ3v) is 5.90. The first-order chi connectivity index (χ1) is 14.7. The van der Waals surface area contributed by atoms with Crippen molar-refractivity contribution >= 4 is 12.1 Å². The molecule has 4 atom stereocenters. The molecule has 1 N–H and O–H groups in total. The van der Waals surface area contributed by atoms with Gasteiger partial charge in [-0.1, -0.05) is 30.3 Å². The minimum atomic E-state index is -0.711. The lowest BCUT2D eigenvalue weighted by molar-refractivity contribution is -0.156. The number of carbonyl (C=O) groups is 2. The van der Waals surface area contributed by atoms with Crippen LogP contribution in [0, 0.1) is 11.8 Å². The summed E-state index contributed by atoms with van der Waals surface area (Å²) in [5.41, 5.74) is 0.584. The van der Waals surface area contributed by atoms with Gasteiger partial charge in [0.05, 0.1) is 6.10 Å². The molecule has 0 unspecified atom stereocenters. The van der Waals surface area contributed by atoms with Gasteiger partial charge in [0.15, 0.2) is 0 Å². The van der Waals surface area contributed by atoms with Crippen molar-refractivity contribution in [3.8, 4) is 0 Å². The van der Waals surface area contributed by atoms with Crippen LogP contribution in [0.15, 0.2) is 30.3 Å². The van der Waals surface area contributed by atoms with Gasteiger partial charge < -0.3 is 19.5 Å². The van der Waals surface area contributed by atoms with Crippen LogP contribution < -0.4 is 5.32 Å². The quantitative estimate of drug-likeness (QED) is 0.664. The molecular weight excluding hydrogens is 394 g/mol. The van der Waals surface area contributed by atoms with Crippen LogP contribution in [0.3, 0.4) is 0 Å². The first-order valence-electron chi connectivity index (χ1n) is 11.6. The zero-order valence-corrected chi connectivity index (χ0v) is 19.3. The smallest absolute Gasteiger partial charge is 0.408 e. The molecule has 1 aliphatic heterocycles. The summed E-state index contributed by atoms with van der Waals surface area (Å²) in [6.07, 6.45) is 4.47. The van der Waals surface area contributed by atoms with Gasteiger partial charge in [0.2, 0.25) is 0 Å². The number of hydrogen-bond acceptors (Lipinski definition) is 5. The summed E-state index contributed by atoms with van der Waals surface area (Å²) in [4.78, 5) is 25.1. The van der Waals surface area contributed by atoms with Crippen LogP contribution in [0.25, 0.3) is 0 Å². The highest BCUT2D eigenvalue weighted by Gasteiger charge is 2.36. The molecule has 2 fully saturated rings. The van der Waals surface area contributed by atoms with Crippen molar-refractivity contribution in [3.63, 3.8) is 0 Å². The number of esters is 1. The summed E-state index contributed by atoms with van der Waals surface area (Å²) < 4.78 is 17.6. The monoisotopic (exact) mass is 431 g/mol. The van der Waals surface area contributed by atoms with Crippen LogP contribution in [0.2, 0.25) is 0 Å². The molecule has 0 radical (unpaired) electrons. The predicted octanol–water partition coefficient (Wildman–Crippen LogP) is 4.65. The molecule has 0 bridgehead atoms. The fraction of sp³-hybridized carbons (Fsp3) is 0.680. The van der Waals surface area contributed by atoms with Gasteiger partial charge in [0.25, 0.3) is 0 Å². The maximum Gasteiger partial charge on any atom is 0.408 e. The summed E-state index contributed by atoms with van der Waals surface area (Å²) in [6, 6.07) is 9.56. The third-order valence-electron chi connectivity index (χ3n) is 5.90. The Labute approximate surface area is 186 Å². The van der Waals surface area contributed by atoms with Crippen LogP contribution in [0.1, 0.15) is 65.4 Å². The zero-order chi connectivity index (χ0) is 22.4. The lowest BCUT2D eigenvalue weighted by atomic mass is 9.87. The van der Waals surface area contributed by atoms with Gasteiger partial charge in [-0.15, -0.1) is 0 Å². The van der Waals surface area contributed by atoms with Gasteiger partial charge in [0.1, 0.15) is 17.7 Å².